The van der Waals surface area contributed by atoms with Gasteiger partial charge in [-0.3, -0.25) is 9.59 Å². The first-order valence-corrected chi connectivity index (χ1v) is 11.6. The Morgan fingerprint density at radius 1 is 1.22 bits per heavy atom. The van der Waals surface area contributed by atoms with Gasteiger partial charge in [0.1, 0.15) is 10.6 Å². The number of ether oxygens (including phenoxy) is 1. The van der Waals surface area contributed by atoms with Crippen LogP contribution in [0, 0.1) is 6.92 Å². The lowest BCUT2D eigenvalue weighted by Gasteiger charge is -2.03. The molecule has 0 aliphatic heterocycles. The molecular formula is C23H20N4O3S2. The molecule has 0 unspecified atom stereocenters. The summed E-state index contributed by atoms with van der Waals surface area (Å²) in [6, 6.07) is 15.3. The van der Waals surface area contributed by atoms with Crippen LogP contribution in [0.3, 0.4) is 0 Å². The Kier molecular flexibility index (Phi) is 6.67. The summed E-state index contributed by atoms with van der Waals surface area (Å²) in [6.45, 7) is 2.02. The Morgan fingerprint density at radius 3 is 2.69 bits per heavy atom. The average Bonchev–Trinajstić information content (AvgIpc) is 3.23. The molecule has 7 nitrogen and oxygen atoms in total. The van der Waals surface area contributed by atoms with Crippen molar-refractivity contribution in [2.75, 3.05) is 12.9 Å². The summed E-state index contributed by atoms with van der Waals surface area (Å²) in [7, 11) is 1.60. The fourth-order valence-electron chi connectivity index (χ4n) is 2.98. The Hall–Kier alpha value is -3.43. The molecule has 0 saturated carbocycles. The number of aromatic nitrogens is 2. The smallest absolute Gasteiger partial charge is 0.260 e. The number of methoxy groups -OCH3 is 1. The Bertz CT molecular complexity index is 1330. The molecule has 0 bridgehead atoms. The molecule has 0 saturated heterocycles. The standard InChI is InChI=1S/C23H20N4O3S2/c1-14-3-7-16(8-4-14)18-12-31-22-20(18)21(29)25-23(26-22)32-13-19(28)27-24-11-15-5-9-17(30-2)10-6-15/h3-12H,13H2,1-2H3,(H,27,28)(H,25,26,29)/b24-11+. The number of nitrogens with zero attached hydrogens (tertiary/aromatic N) is 2. The molecule has 2 heterocycles. The number of H-pyrrole nitrogens is 1. The van der Waals surface area contributed by atoms with Crippen LogP contribution in [0.4, 0.5) is 0 Å². The summed E-state index contributed by atoms with van der Waals surface area (Å²) in [5, 5.41) is 6.85. The minimum Gasteiger partial charge on any atom is -0.497 e. The number of thiophene rings is 1. The Labute approximate surface area is 192 Å². The van der Waals surface area contributed by atoms with E-state index in [2.05, 4.69) is 20.5 Å². The van der Waals surface area contributed by atoms with Crippen LogP contribution >= 0.6 is 23.1 Å². The van der Waals surface area contributed by atoms with Gasteiger partial charge in [0.15, 0.2) is 5.16 Å². The van der Waals surface area contributed by atoms with Crippen LogP contribution in [-0.2, 0) is 4.79 Å². The van der Waals surface area contributed by atoms with Crippen LogP contribution in [0.2, 0.25) is 0 Å². The highest BCUT2D eigenvalue weighted by Gasteiger charge is 2.14. The number of carbonyl (C=O) groups is 1. The number of hydrogen-bond acceptors (Lipinski definition) is 7. The van der Waals surface area contributed by atoms with Crippen molar-refractivity contribution in [1.82, 2.24) is 15.4 Å². The van der Waals surface area contributed by atoms with Crippen molar-refractivity contribution in [2.45, 2.75) is 12.1 Å². The van der Waals surface area contributed by atoms with Crippen molar-refractivity contribution in [1.29, 1.82) is 0 Å². The summed E-state index contributed by atoms with van der Waals surface area (Å²) in [5.41, 5.74) is 6.08. The number of hydrogen-bond donors (Lipinski definition) is 2. The molecule has 0 aliphatic rings. The molecule has 4 rings (SSSR count). The molecule has 0 spiro atoms. The molecule has 0 atom stereocenters. The number of thioether (sulfide) groups is 1. The van der Waals surface area contributed by atoms with Gasteiger partial charge in [0.05, 0.1) is 24.5 Å². The fraction of sp³-hybridized carbons (Fsp3) is 0.130. The number of amides is 1. The summed E-state index contributed by atoms with van der Waals surface area (Å²) >= 11 is 2.57. The average molecular weight is 465 g/mol. The first kappa shape index (κ1) is 21.8. The van der Waals surface area contributed by atoms with E-state index in [1.165, 1.54) is 11.3 Å². The Morgan fingerprint density at radius 2 is 1.97 bits per heavy atom. The summed E-state index contributed by atoms with van der Waals surface area (Å²) in [6.07, 6.45) is 1.55. The van der Waals surface area contributed by atoms with Gasteiger partial charge < -0.3 is 9.72 Å². The van der Waals surface area contributed by atoms with Crippen molar-refractivity contribution in [3.05, 3.63) is 75.4 Å². The fourth-order valence-corrected chi connectivity index (χ4v) is 4.64. The van der Waals surface area contributed by atoms with Crippen molar-refractivity contribution in [2.24, 2.45) is 5.10 Å². The summed E-state index contributed by atoms with van der Waals surface area (Å²) in [5.74, 6) is 0.525. The van der Waals surface area contributed by atoms with E-state index in [1.807, 2.05) is 60.8 Å². The molecule has 162 valence electrons. The summed E-state index contributed by atoms with van der Waals surface area (Å²) in [4.78, 5) is 32.7. The zero-order valence-electron chi connectivity index (χ0n) is 17.4. The zero-order chi connectivity index (χ0) is 22.5. The molecule has 32 heavy (non-hydrogen) atoms. The van der Waals surface area contributed by atoms with E-state index >= 15 is 0 Å². The predicted molar refractivity (Wildman–Crippen MR) is 130 cm³/mol. The monoisotopic (exact) mass is 464 g/mol. The van der Waals surface area contributed by atoms with Crippen molar-refractivity contribution in [3.63, 3.8) is 0 Å². The minimum atomic E-state index is -0.297. The topological polar surface area (TPSA) is 96.4 Å². The van der Waals surface area contributed by atoms with E-state index in [-0.39, 0.29) is 17.2 Å². The second-order valence-electron chi connectivity index (χ2n) is 6.92. The molecule has 0 aliphatic carbocycles. The molecule has 2 aromatic heterocycles. The van der Waals surface area contributed by atoms with E-state index in [0.717, 1.165) is 39.8 Å². The number of aromatic amines is 1. The van der Waals surface area contributed by atoms with Crippen molar-refractivity contribution >= 4 is 45.4 Å². The van der Waals surface area contributed by atoms with E-state index < -0.39 is 0 Å². The SMILES string of the molecule is COc1ccc(/C=N/NC(=O)CSc2nc3scc(-c4ccc(C)cc4)c3c(=O)[nH]2)cc1. The third-order valence-corrected chi connectivity index (χ3v) is 6.39. The highest BCUT2D eigenvalue weighted by molar-refractivity contribution is 7.99. The molecule has 9 heteroatoms. The largest absolute Gasteiger partial charge is 0.497 e. The number of carbonyl (C=O) groups excluding carboxylic acids is 1. The van der Waals surface area contributed by atoms with Crippen LogP contribution in [0.1, 0.15) is 11.1 Å². The normalized spacial score (nSPS) is 11.2. The number of aryl methyl sites for hydroxylation is 1. The zero-order valence-corrected chi connectivity index (χ0v) is 19.0. The molecule has 4 aromatic rings. The first-order valence-electron chi connectivity index (χ1n) is 9.71. The highest BCUT2D eigenvalue weighted by atomic mass is 32.2. The van der Waals surface area contributed by atoms with Crippen LogP contribution in [0.15, 0.2) is 69.0 Å². The first-order chi connectivity index (χ1) is 15.5. The van der Waals surface area contributed by atoms with Gasteiger partial charge in [0.2, 0.25) is 0 Å². The van der Waals surface area contributed by atoms with Crippen molar-refractivity contribution < 1.29 is 9.53 Å². The number of fused-ring (bicyclic) bond motifs is 1. The molecule has 2 aromatic carbocycles. The van der Waals surface area contributed by atoms with Gasteiger partial charge in [-0.2, -0.15) is 5.10 Å². The summed E-state index contributed by atoms with van der Waals surface area (Å²) < 4.78 is 5.10. The number of hydrazone groups is 1. The van der Waals surface area contributed by atoms with Crippen LogP contribution in [-0.4, -0.2) is 35.0 Å². The number of rotatable bonds is 7. The van der Waals surface area contributed by atoms with E-state index in [4.69, 9.17) is 4.74 Å². The van der Waals surface area contributed by atoms with Gasteiger partial charge in [0.25, 0.3) is 11.5 Å². The van der Waals surface area contributed by atoms with E-state index in [1.54, 1.807) is 13.3 Å². The van der Waals surface area contributed by atoms with Gasteiger partial charge in [-0.1, -0.05) is 41.6 Å². The quantitative estimate of drug-likeness (QED) is 0.185. The van der Waals surface area contributed by atoms with Gasteiger partial charge in [0, 0.05) is 10.9 Å². The predicted octanol–water partition coefficient (Wildman–Crippen LogP) is 4.21. The van der Waals surface area contributed by atoms with Crippen LogP contribution in [0.25, 0.3) is 21.3 Å². The maximum absolute atomic E-state index is 12.7. The van der Waals surface area contributed by atoms with Gasteiger partial charge in [-0.25, -0.2) is 10.4 Å². The third-order valence-electron chi connectivity index (χ3n) is 4.64. The minimum absolute atomic E-state index is 0.0740. The highest BCUT2D eigenvalue weighted by Crippen LogP contribution is 2.31. The molecule has 0 fully saturated rings. The van der Waals surface area contributed by atoms with Gasteiger partial charge in [-0.15, -0.1) is 11.3 Å². The van der Waals surface area contributed by atoms with Crippen LogP contribution in [0.5, 0.6) is 5.75 Å². The van der Waals surface area contributed by atoms with E-state index in [9.17, 15) is 9.59 Å². The maximum atomic E-state index is 12.7. The van der Waals surface area contributed by atoms with E-state index in [0.29, 0.717) is 15.4 Å². The van der Waals surface area contributed by atoms with Gasteiger partial charge >= 0.3 is 0 Å². The number of benzene rings is 2. The third kappa shape index (κ3) is 5.06. The molecular weight excluding hydrogens is 444 g/mol. The molecule has 1 amide bonds. The lowest BCUT2D eigenvalue weighted by Crippen LogP contribution is -2.20. The molecule has 0 radical (unpaired) electrons. The Balaban J connectivity index is 1.40. The second kappa shape index (κ2) is 9.80. The van der Waals surface area contributed by atoms with Crippen molar-refractivity contribution in [3.8, 4) is 16.9 Å². The van der Waals surface area contributed by atoms with Gasteiger partial charge in [-0.05, 0) is 42.3 Å². The number of nitrogens with one attached hydrogen (secondary N) is 2. The molecule has 2 N–H and O–H groups in total. The lowest BCUT2D eigenvalue weighted by molar-refractivity contribution is -0.118. The second-order valence-corrected chi connectivity index (χ2v) is 8.74. The lowest BCUT2D eigenvalue weighted by atomic mass is 10.1. The maximum Gasteiger partial charge on any atom is 0.260 e. The van der Waals surface area contributed by atoms with Crippen LogP contribution < -0.4 is 15.7 Å².